The topological polar surface area (TPSA) is 74.6 Å². The molecule has 4 nitrogen and oxygen atoms in total. The van der Waals surface area contributed by atoms with Crippen LogP contribution in [0.5, 0.6) is 0 Å². The van der Waals surface area contributed by atoms with Gasteiger partial charge in [0.2, 0.25) is 0 Å². The summed E-state index contributed by atoms with van der Waals surface area (Å²) in [7, 11) is 0. The van der Waals surface area contributed by atoms with E-state index in [1.807, 2.05) is 26.8 Å². The quantitative estimate of drug-likeness (QED) is 0.657. The van der Waals surface area contributed by atoms with E-state index in [0.717, 1.165) is 12.0 Å². The first kappa shape index (κ1) is 14.7. The Balaban J connectivity index is 4.74. The molecule has 0 radical (unpaired) electrons. The van der Waals surface area contributed by atoms with Crippen LogP contribution >= 0.6 is 0 Å². The maximum atomic E-state index is 10.7. The predicted octanol–water partition coefficient (Wildman–Crippen LogP) is 2.54. The Bertz CT molecular complexity index is 261. The summed E-state index contributed by atoms with van der Waals surface area (Å²) in [5.41, 5.74) is 1.09. The third-order valence-corrected chi connectivity index (χ3v) is 2.50. The Labute approximate surface area is 96.0 Å². The van der Waals surface area contributed by atoms with Gasteiger partial charge in [-0.15, -0.1) is 0 Å². The SMILES string of the molecule is CCC(C=C(C)C)C(CC(=O)O)CC(=O)O. The summed E-state index contributed by atoms with van der Waals surface area (Å²) in [5, 5.41) is 17.5. The Morgan fingerprint density at radius 3 is 1.81 bits per heavy atom. The smallest absolute Gasteiger partial charge is 0.303 e. The number of carbonyl (C=O) groups is 2. The van der Waals surface area contributed by atoms with E-state index in [1.165, 1.54) is 0 Å². The molecule has 2 N–H and O–H groups in total. The summed E-state index contributed by atoms with van der Waals surface area (Å²) in [6, 6.07) is 0. The first-order chi connectivity index (χ1) is 7.36. The molecule has 0 aliphatic carbocycles. The molecule has 0 saturated carbocycles. The molecule has 0 aromatic heterocycles. The van der Waals surface area contributed by atoms with Gasteiger partial charge in [-0.05, 0) is 32.1 Å². The van der Waals surface area contributed by atoms with Crippen molar-refractivity contribution in [2.45, 2.75) is 40.0 Å². The highest BCUT2D eigenvalue weighted by molar-refractivity contribution is 5.70. The lowest BCUT2D eigenvalue weighted by Crippen LogP contribution is -2.20. The van der Waals surface area contributed by atoms with Gasteiger partial charge in [-0.2, -0.15) is 0 Å². The third-order valence-electron chi connectivity index (χ3n) is 2.50. The van der Waals surface area contributed by atoms with Crippen molar-refractivity contribution in [1.29, 1.82) is 0 Å². The van der Waals surface area contributed by atoms with Gasteiger partial charge in [0.1, 0.15) is 0 Å². The van der Waals surface area contributed by atoms with Crippen LogP contribution in [0.1, 0.15) is 40.0 Å². The van der Waals surface area contributed by atoms with E-state index in [1.54, 1.807) is 0 Å². The van der Waals surface area contributed by atoms with Gasteiger partial charge in [-0.3, -0.25) is 9.59 Å². The summed E-state index contributed by atoms with van der Waals surface area (Å²) in [5.74, 6) is -2.18. The average Bonchev–Trinajstić information content (AvgIpc) is 2.11. The summed E-state index contributed by atoms with van der Waals surface area (Å²) in [6.45, 7) is 5.81. The van der Waals surface area contributed by atoms with Crippen molar-refractivity contribution in [1.82, 2.24) is 0 Å². The standard InChI is InChI=1S/C12H20O4/c1-4-9(5-8(2)3)10(6-11(13)14)7-12(15)16/h5,9-10H,4,6-7H2,1-3H3,(H,13,14)(H,15,16). The number of aliphatic carboxylic acids is 2. The molecule has 0 saturated heterocycles. The molecule has 0 aliphatic heterocycles. The first-order valence-electron chi connectivity index (χ1n) is 5.45. The molecule has 0 aromatic carbocycles. The molecule has 0 bridgehead atoms. The van der Waals surface area contributed by atoms with Gasteiger partial charge < -0.3 is 10.2 Å². The molecule has 0 amide bonds. The van der Waals surface area contributed by atoms with Crippen molar-refractivity contribution in [3.05, 3.63) is 11.6 Å². The molecule has 0 fully saturated rings. The molecule has 1 unspecified atom stereocenters. The van der Waals surface area contributed by atoms with Crippen LogP contribution in [0.2, 0.25) is 0 Å². The van der Waals surface area contributed by atoms with Gasteiger partial charge in [-0.1, -0.05) is 18.6 Å². The van der Waals surface area contributed by atoms with E-state index in [-0.39, 0.29) is 24.7 Å². The van der Waals surface area contributed by atoms with Crippen LogP contribution in [0, 0.1) is 11.8 Å². The highest BCUT2D eigenvalue weighted by Gasteiger charge is 2.23. The molecule has 0 spiro atoms. The maximum Gasteiger partial charge on any atom is 0.303 e. The number of carboxylic acid groups (broad SMARTS) is 2. The summed E-state index contributed by atoms with van der Waals surface area (Å²) >= 11 is 0. The van der Waals surface area contributed by atoms with Crippen molar-refractivity contribution in [3.8, 4) is 0 Å². The molecular formula is C12H20O4. The number of rotatable bonds is 7. The summed E-state index contributed by atoms with van der Waals surface area (Å²) in [6.07, 6.45) is 2.55. The maximum absolute atomic E-state index is 10.7. The Morgan fingerprint density at radius 1 is 1.12 bits per heavy atom. The normalized spacial score (nSPS) is 12.2. The average molecular weight is 228 g/mol. The molecule has 1 atom stereocenters. The number of hydrogen-bond donors (Lipinski definition) is 2. The fourth-order valence-electron chi connectivity index (χ4n) is 1.84. The molecule has 92 valence electrons. The zero-order chi connectivity index (χ0) is 12.7. The molecule has 16 heavy (non-hydrogen) atoms. The van der Waals surface area contributed by atoms with Crippen molar-refractivity contribution >= 4 is 11.9 Å². The fourth-order valence-corrected chi connectivity index (χ4v) is 1.84. The first-order valence-corrected chi connectivity index (χ1v) is 5.45. The molecular weight excluding hydrogens is 208 g/mol. The van der Waals surface area contributed by atoms with Crippen LogP contribution in [0.4, 0.5) is 0 Å². The molecule has 0 rings (SSSR count). The van der Waals surface area contributed by atoms with Gasteiger partial charge in [0.25, 0.3) is 0 Å². The molecule has 4 heteroatoms. The Morgan fingerprint density at radius 2 is 1.56 bits per heavy atom. The van der Waals surface area contributed by atoms with Crippen molar-refractivity contribution in [2.75, 3.05) is 0 Å². The van der Waals surface area contributed by atoms with Crippen molar-refractivity contribution in [2.24, 2.45) is 11.8 Å². The van der Waals surface area contributed by atoms with E-state index in [0.29, 0.717) is 0 Å². The Hall–Kier alpha value is -1.32. The van der Waals surface area contributed by atoms with E-state index in [4.69, 9.17) is 10.2 Å². The van der Waals surface area contributed by atoms with Gasteiger partial charge >= 0.3 is 11.9 Å². The van der Waals surface area contributed by atoms with Crippen LogP contribution in [0.25, 0.3) is 0 Å². The van der Waals surface area contributed by atoms with Crippen LogP contribution in [-0.2, 0) is 9.59 Å². The zero-order valence-electron chi connectivity index (χ0n) is 10.1. The van der Waals surface area contributed by atoms with Crippen LogP contribution in [0.3, 0.4) is 0 Å². The largest absolute Gasteiger partial charge is 0.481 e. The second-order valence-corrected chi connectivity index (χ2v) is 4.27. The molecule has 0 aromatic rings. The van der Waals surface area contributed by atoms with Crippen molar-refractivity contribution < 1.29 is 19.8 Å². The second-order valence-electron chi connectivity index (χ2n) is 4.27. The predicted molar refractivity (Wildman–Crippen MR) is 61.2 cm³/mol. The second kappa shape index (κ2) is 7.04. The monoisotopic (exact) mass is 228 g/mol. The minimum atomic E-state index is -0.938. The van der Waals surface area contributed by atoms with Gasteiger partial charge in [0.05, 0.1) is 0 Å². The number of allylic oxidation sites excluding steroid dienone is 2. The van der Waals surface area contributed by atoms with E-state index < -0.39 is 11.9 Å². The lowest BCUT2D eigenvalue weighted by atomic mass is 9.84. The number of hydrogen-bond acceptors (Lipinski definition) is 2. The van der Waals surface area contributed by atoms with E-state index >= 15 is 0 Å². The molecule has 0 aliphatic rings. The van der Waals surface area contributed by atoms with Crippen LogP contribution in [0.15, 0.2) is 11.6 Å². The third kappa shape index (κ3) is 6.22. The lowest BCUT2D eigenvalue weighted by Gasteiger charge is -2.21. The summed E-state index contributed by atoms with van der Waals surface area (Å²) < 4.78 is 0. The van der Waals surface area contributed by atoms with E-state index in [9.17, 15) is 9.59 Å². The fraction of sp³-hybridized carbons (Fsp3) is 0.667. The Kier molecular flexibility index (Phi) is 6.46. The van der Waals surface area contributed by atoms with Gasteiger partial charge in [0.15, 0.2) is 0 Å². The highest BCUT2D eigenvalue weighted by atomic mass is 16.4. The highest BCUT2D eigenvalue weighted by Crippen LogP contribution is 2.25. The van der Waals surface area contributed by atoms with Crippen LogP contribution in [-0.4, -0.2) is 22.2 Å². The van der Waals surface area contributed by atoms with E-state index in [2.05, 4.69) is 0 Å². The van der Waals surface area contributed by atoms with Gasteiger partial charge in [0, 0.05) is 12.8 Å². The zero-order valence-corrected chi connectivity index (χ0v) is 10.1. The molecule has 0 heterocycles. The lowest BCUT2D eigenvalue weighted by molar-refractivity contribution is -0.141. The summed E-state index contributed by atoms with van der Waals surface area (Å²) in [4.78, 5) is 21.4. The number of carboxylic acids is 2. The van der Waals surface area contributed by atoms with Crippen LogP contribution < -0.4 is 0 Å². The minimum Gasteiger partial charge on any atom is -0.481 e. The van der Waals surface area contributed by atoms with Gasteiger partial charge in [-0.25, -0.2) is 0 Å². The minimum absolute atomic E-state index is 0.0252. The van der Waals surface area contributed by atoms with Crippen molar-refractivity contribution in [3.63, 3.8) is 0 Å².